The molecule has 0 saturated carbocycles. The number of rotatable bonds is 3. The van der Waals surface area contributed by atoms with Crippen molar-refractivity contribution in [3.8, 4) is 0 Å². The quantitative estimate of drug-likeness (QED) is 0.329. The van der Waals surface area contributed by atoms with Crippen LogP contribution in [0.15, 0.2) is 40.0 Å². The fourth-order valence-electron chi connectivity index (χ4n) is 2.15. The van der Waals surface area contributed by atoms with Gasteiger partial charge in [0, 0.05) is 12.1 Å². The van der Waals surface area contributed by atoms with Gasteiger partial charge >= 0.3 is 5.97 Å². The summed E-state index contributed by atoms with van der Waals surface area (Å²) in [5, 5.41) is 13.0. The molecule has 2 rings (SSSR count). The minimum absolute atomic E-state index is 0.0493. The fourth-order valence-corrected chi connectivity index (χ4v) is 2.89. The summed E-state index contributed by atoms with van der Waals surface area (Å²) in [6.07, 6.45) is 0. The van der Waals surface area contributed by atoms with E-state index in [0.29, 0.717) is 0 Å². The number of carbonyl (C=O) groups is 2. The van der Waals surface area contributed by atoms with Crippen LogP contribution in [0.1, 0.15) is 24.2 Å². The molecule has 0 aromatic heterocycles. The lowest BCUT2D eigenvalue weighted by molar-refractivity contribution is -0.384. The summed E-state index contributed by atoms with van der Waals surface area (Å²) in [6.45, 7) is 2.96. The van der Waals surface area contributed by atoms with Crippen molar-refractivity contribution in [1.82, 2.24) is 0 Å². The Morgan fingerprint density at radius 3 is 2.44 bits per heavy atom. The number of oxime groups is 1. The summed E-state index contributed by atoms with van der Waals surface area (Å²) in [4.78, 5) is 37.4. The zero-order chi connectivity index (χ0) is 18.9. The van der Waals surface area contributed by atoms with E-state index in [4.69, 9.17) is 39.6 Å². The van der Waals surface area contributed by atoms with Crippen molar-refractivity contribution in [3.05, 3.63) is 50.5 Å². The topological polar surface area (TPSA) is 98.9 Å². The van der Waals surface area contributed by atoms with E-state index >= 15 is 0 Å². The maximum atomic E-state index is 12.0. The molecule has 0 aliphatic heterocycles. The van der Waals surface area contributed by atoms with Crippen molar-refractivity contribution in [2.75, 3.05) is 0 Å². The molecule has 0 bridgehead atoms. The van der Waals surface area contributed by atoms with Crippen molar-refractivity contribution in [2.24, 2.45) is 5.16 Å². The second-order valence-corrected chi connectivity index (χ2v) is 6.96. The average molecular weight is 406 g/mol. The summed E-state index contributed by atoms with van der Waals surface area (Å²) in [7, 11) is 0. The number of Topliss-reactive ketones (excluding diaryl/α,β-unsaturated/α-hetero) is 1. The Balaban J connectivity index is 2.29. The van der Waals surface area contributed by atoms with Crippen LogP contribution in [0.3, 0.4) is 0 Å². The Morgan fingerprint density at radius 1 is 1.36 bits per heavy atom. The highest BCUT2D eigenvalue weighted by Crippen LogP contribution is 2.38. The Morgan fingerprint density at radius 2 is 1.92 bits per heavy atom. The fraction of sp³-hybridized carbons (Fsp3) is 0.267. The number of benzene rings is 1. The molecule has 0 amide bonds. The van der Waals surface area contributed by atoms with Crippen LogP contribution in [-0.4, -0.2) is 32.6 Å². The van der Waals surface area contributed by atoms with Gasteiger partial charge in [-0.15, -0.1) is 23.2 Å². The molecule has 132 valence electrons. The van der Waals surface area contributed by atoms with Crippen molar-refractivity contribution in [3.63, 3.8) is 0 Å². The molecule has 0 saturated heterocycles. The van der Waals surface area contributed by atoms with E-state index in [2.05, 4.69) is 5.16 Å². The van der Waals surface area contributed by atoms with Crippen LogP contribution in [0.2, 0.25) is 0 Å². The molecule has 0 N–H and O–H groups in total. The lowest BCUT2D eigenvalue weighted by Crippen LogP contribution is -2.48. The zero-order valence-corrected chi connectivity index (χ0v) is 15.2. The molecule has 0 radical (unpaired) electrons. The zero-order valence-electron chi connectivity index (χ0n) is 13.0. The van der Waals surface area contributed by atoms with Crippen LogP contribution in [-0.2, 0) is 9.63 Å². The summed E-state index contributed by atoms with van der Waals surface area (Å²) in [5.41, 5.74) is 0.178. The van der Waals surface area contributed by atoms with Gasteiger partial charge in [0.1, 0.15) is 16.0 Å². The molecule has 1 aliphatic carbocycles. The van der Waals surface area contributed by atoms with E-state index in [1.54, 1.807) is 0 Å². The summed E-state index contributed by atoms with van der Waals surface area (Å²) >= 11 is 18.2. The monoisotopic (exact) mass is 404 g/mol. The Kier molecular flexibility index (Phi) is 5.51. The van der Waals surface area contributed by atoms with E-state index in [1.807, 2.05) is 0 Å². The standard InChI is InChI=1S/C15H11Cl3N2O5/c1-7-10(16)11(21)12(17)15(2,18)13(7)19-25-14(22)8-3-5-9(6-4-8)20(23)24/h3-6,12H,1-2H3/b19-13-. The van der Waals surface area contributed by atoms with Crippen molar-refractivity contribution < 1.29 is 19.3 Å². The lowest BCUT2D eigenvalue weighted by Gasteiger charge is -2.32. The number of alkyl halides is 2. The van der Waals surface area contributed by atoms with Gasteiger partial charge in [-0.05, 0) is 31.6 Å². The van der Waals surface area contributed by atoms with E-state index in [1.165, 1.54) is 26.0 Å². The Hall–Kier alpha value is -1.96. The number of ketones is 1. The third-order valence-corrected chi connectivity index (χ3v) is 5.22. The molecule has 1 aromatic rings. The molecule has 7 nitrogen and oxygen atoms in total. The molecule has 2 atom stereocenters. The van der Waals surface area contributed by atoms with Crippen molar-refractivity contribution >= 4 is 58.0 Å². The first kappa shape index (κ1) is 19.4. The highest BCUT2D eigenvalue weighted by atomic mass is 35.5. The Labute approximate surface area is 157 Å². The largest absolute Gasteiger partial charge is 0.365 e. The molecule has 10 heteroatoms. The summed E-state index contributed by atoms with van der Waals surface area (Å²) < 4.78 is 0. The number of hydrogen-bond acceptors (Lipinski definition) is 6. The molecule has 1 aliphatic rings. The van der Waals surface area contributed by atoms with Gasteiger partial charge in [0.15, 0.2) is 5.78 Å². The first-order chi connectivity index (χ1) is 11.6. The van der Waals surface area contributed by atoms with Gasteiger partial charge < -0.3 is 4.84 Å². The van der Waals surface area contributed by atoms with E-state index in [0.717, 1.165) is 12.1 Å². The Bertz CT molecular complexity index is 815. The number of carbonyl (C=O) groups excluding carboxylic acids is 2. The number of halogens is 3. The average Bonchev–Trinajstić information content (AvgIpc) is 2.58. The maximum absolute atomic E-state index is 12.0. The molecule has 25 heavy (non-hydrogen) atoms. The van der Waals surface area contributed by atoms with Gasteiger partial charge in [0.2, 0.25) is 0 Å². The van der Waals surface area contributed by atoms with Crippen LogP contribution in [0.5, 0.6) is 0 Å². The highest BCUT2D eigenvalue weighted by Gasteiger charge is 2.47. The minimum atomic E-state index is -1.42. The van der Waals surface area contributed by atoms with Crippen molar-refractivity contribution in [1.29, 1.82) is 0 Å². The predicted octanol–water partition coefficient (Wildman–Crippen LogP) is 3.81. The number of nitro groups is 1. The number of nitro benzene ring substituents is 1. The highest BCUT2D eigenvalue weighted by molar-refractivity contribution is 6.58. The normalized spacial score (nSPS) is 25.2. The minimum Gasteiger partial charge on any atom is -0.312 e. The molecule has 1 aromatic carbocycles. The van der Waals surface area contributed by atoms with E-state index < -0.39 is 26.9 Å². The number of hydrogen-bond donors (Lipinski definition) is 0. The van der Waals surface area contributed by atoms with Crippen LogP contribution in [0, 0.1) is 10.1 Å². The van der Waals surface area contributed by atoms with Gasteiger partial charge in [-0.25, -0.2) is 4.79 Å². The van der Waals surface area contributed by atoms with Gasteiger partial charge in [-0.3, -0.25) is 14.9 Å². The number of non-ortho nitro benzene ring substituents is 1. The second-order valence-electron chi connectivity index (χ2n) is 5.36. The van der Waals surface area contributed by atoms with E-state index in [-0.39, 0.29) is 27.6 Å². The van der Waals surface area contributed by atoms with Gasteiger partial charge in [0.05, 0.1) is 15.5 Å². The van der Waals surface area contributed by atoms with Crippen LogP contribution >= 0.6 is 34.8 Å². The van der Waals surface area contributed by atoms with E-state index in [9.17, 15) is 19.7 Å². The molecule has 0 spiro atoms. The third-order valence-electron chi connectivity index (χ3n) is 3.60. The van der Waals surface area contributed by atoms with Gasteiger partial charge in [0.25, 0.3) is 5.69 Å². The SMILES string of the molecule is CC1=C(Cl)C(=O)C(Cl)C(C)(Cl)/C1=N\OC(=O)c1ccc([N+](=O)[O-])cc1. The summed E-state index contributed by atoms with van der Waals surface area (Å²) in [5.74, 6) is -1.40. The smallest absolute Gasteiger partial charge is 0.312 e. The van der Waals surface area contributed by atoms with Gasteiger partial charge in [-0.2, -0.15) is 0 Å². The van der Waals surface area contributed by atoms with Crippen LogP contribution in [0.4, 0.5) is 5.69 Å². The number of nitrogens with zero attached hydrogens (tertiary/aromatic N) is 2. The number of allylic oxidation sites excluding steroid dienone is 2. The maximum Gasteiger partial charge on any atom is 0.365 e. The van der Waals surface area contributed by atoms with Crippen LogP contribution < -0.4 is 0 Å². The first-order valence-electron chi connectivity index (χ1n) is 6.85. The molecule has 2 unspecified atom stereocenters. The molecular formula is C15H11Cl3N2O5. The van der Waals surface area contributed by atoms with Crippen molar-refractivity contribution in [2.45, 2.75) is 24.1 Å². The van der Waals surface area contributed by atoms with Gasteiger partial charge in [-0.1, -0.05) is 16.8 Å². The summed E-state index contributed by atoms with van der Waals surface area (Å²) in [6, 6.07) is 4.77. The lowest BCUT2D eigenvalue weighted by atomic mass is 9.86. The molecule has 0 heterocycles. The predicted molar refractivity (Wildman–Crippen MR) is 93.4 cm³/mol. The molecule has 0 fully saturated rings. The van der Waals surface area contributed by atoms with Crippen LogP contribution in [0.25, 0.3) is 0 Å². The second kappa shape index (κ2) is 7.11. The third kappa shape index (κ3) is 3.68. The first-order valence-corrected chi connectivity index (χ1v) is 8.04. The molecular weight excluding hydrogens is 395 g/mol.